The summed E-state index contributed by atoms with van der Waals surface area (Å²) < 4.78 is 5.01. The largest absolute Gasteiger partial charge is 0.462 e. The van der Waals surface area contributed by atoms with Crippen LogP contribution >= 0.6 is 0 Å². The average molecular weight is 280 g/mol. The van der Waals surface area contributed by atoms with E-state index in [4.69, 9.17) is 9.84 Å². The zero-order valence-electron chi connectivity index (χ0n) is 11.8. The van der Waals surface area contributed by atoms with Crippen LogP contribution in [-0.2, 0) is 4.74 Å². The molecule has 0 aromatic heterocycles. The van der Waals surface area contributed by atoms with Crippen LogP contribution in [0.3, 0.4) is 0 Å². The van der Waals surface area contributed by atoms with E-state index in [1.165, 1.54) is 4.90 Å². The first kappa shape index (κ1) is 16.0. The number of rotatable bonds is 6. The van der Waals surface area contributed by atoms with Crippen molar-refractivity contribution in [2.45, 2.75) is 13.3 Å². The van der Waals surface area contributed by atoms with Crippen LogP contribution in [0, 0.1) is 0 Å². The number of aliphatic hydroxyl groups is 1. The molecule has 1 aromatic carbocycles. The molecule has 0 bridgehead atoms. The molecule has 0 heterocycles. The van der Waals surface area contributed by atoms with E-state index in [0.29, 0.717) is 17.9 Å². The molecule has 2 amide bonds. The van der Waals surface area contributed by atoms with Gasteiger partial charge in [-0.05, 0) is 30.7 Å². The highest BCUT2D eigenvalue weighted by Gasteiger charge is 2.09. The number of esters is 1. The number of hydrogen-bond acceptors (Lipinski definition) is 4. The van der Waals surface area contributed by atoms with Crippen LogP contribution in [-0.4, -0.2) is 48.8 Å². The van der Waals surface area contributed by atoms with Crippen molar-refractivity contribution in [3.05, 3.63) is 29.8 Å². The molecule has 0 spiro atoms. The van der Waals surface area contributed by atoms with Gasteiger partial charge in [0.25, 0.3) is 0 Å². The quantitative estimate of drug-likeness (QED) is 0.777. The molecule has 6 nitrogen and oxygen atoms in total. The first-order valence-electron chi connectivity index (χ1n) is 6.48. The third-order valence-corrected chi connectivity index (χ3v) is 2.59. The summed E-state index contributed by atoms with van der Waals surface area (Å²) in [6.07, 6.45) is 0.775. The lowest BCUT2D eigenvalue weighted by Gasteiger charge is -2.16. The monoisotopic (exact) mass is 280 g/mol. The van der Waals surface area contributed by atoms with Gasteiger partial charge in [-0.15, -0.1) is 0 Å². The fourth-order valence-electron chi connectivity index (χ4n) is 1.44. The summed E-state index contributed by atoms with van der Waals surface area (Å²) in [5.41, 5.74) is 1.02. The van der Waals surface area contributed by atoms with Gasteiger partial charge in [0.2, 0.25) is 0 Å². The molecule has 0 saturated carbocycles. The van der Waals surface area contributed by atoms with Crippen molar-refractivity contribution in [2.24, 2.45) is 0 Å². The van der Waals surface area contributed by atoms with Crippen LogP contribution in [0.15, 0.2) is 24.3 Å². The molecule has 0 aliphatic rings. The van der Waals surface area contributed by atoms with Crippen LogP contribution in [0.25, 0.3) is 0 Å². The number of ether oxygens (including phenoxy) is 1. The van der Waals surface area contributed by atoms with Gasteiger partial charge in [-0.2, -0.15) is 0 Å². The van der Waals surface area contributed by atoms with Gasteiger partial charge in [0.05, 0.1) is 18.8 Å². The molecule has 0 radical (unpaired) electrons. The third-order valence-electron chi connectivity index (χ3n) is 2.59. The third kappa shape index (κ3) is 4.89. The van der Waals surface area contributed by atoms with E-state index in [0.717, 1.165) is 6.42 Å². The van der Waals surface area contributed by atoms with Crippen molar-refractivity contribution in [3.63, 3.8) is 0 Å². The van der Waals surface area contributed by atoms with E-state index in [1.54, 1.807) is 31.3 Å². The fourth-order valence-corrected chi connectivity index (χ4v) is 1.44. The summed E-state index contributed by atoms with van der Waals surface area (Å²) in [5.74, 6) is -0.373. The maximum atomic E-state index is 11.7. The van der Waals surface area contributed by atoms with Crippen molar-refractivity contribution in [2.75, 3.05) is 32.1 Å². The van der Waals surface area contributed by atoms with Crippen molar-refractivity contribution in [1.29, 1.82) is 0 Å². The standard InChI is InChI=1S/C14H20N2O4/c1-3-10-20-13(18)11-4-6-12(7-5-11)15-14(19)16(2)8-9-17/h4-7,17H,3,8-10H2,1-2H3,(H,15,19). The second-order valence-electron chi connectivity index (χ2n) is 4.29. The molecule has 6 heteroatoms. The highest BCUT2D eigenvalue weighted by Crippen LogP contribution is 2.11. The molecule has 0 aliphatic carbocycles. The summed E-state index contributed by atoms with van der Waals surface area (Å²) in [5, 5.41) is 11.4. The predicted molar refractivity (Wildman–Crippen MR) is 75.8 cm³/mol. The van der Waals surface area contributed by atoms with E-state index >= 15 is 0 Å². The summed E-state index contributed by atoms with van der Waals surface area (Å²) in [6, 6.07) is 6.14. The Morgan fingerprint density at radius 2 is 1.95 bits per heavy atom. The van der Waals surface area contributed by atoms with Crippen molar-refractivity contribution in [3.8, 4) is 0 Å². The average Bonchev–Trinajstić information content (AvgIpc) is 2.45. The number of aliphatic hydroxyl groups excluding tert-OH is 1. The van der Waals surface area contributed by atoms with E-state index in [1.807, 2.05) is 6.92 Å². The van der Waals surface area contributed by atoms with Crippen LogP contribution in [0.1, 0.15) is 23.7 Å². The normalized spacial score (nSPS) is 9.95. The lowest BCUT2D eigenvalue weighted by molar-refractivity contribution is 0.0505. The number of anilines is 1. The molecule has 0 atom stereocenters. The number of carbonyl (C=O) groups is 2. The van der Waals surface area contributed by atoms with Gasteiger partial charge in [-0.3, -0.25) is 0 Å². The number of nitrogens with one attached hydrogen (secondary N) is 1. The van der Waals surface area contributed by atoms with E-state index < -0.39 is 0 Å². The van der Waals surface area contributed by atoms with Crippen molar-refractivity contribution >= 4 is 17.7 Å². The molecular weight excluding hydrogens is 260 g/mol. The second kappa shape index (κ2) is 8.16. The summed E-state index contributed by atoms with van der Waals surface area (Å²) in [7, 11) is 1.59. The SMILES string of the molecule is CCCOC(=O)c1ccc(NC(=O)N(C)CCO)cc1. The van der Waals surface area contributed by atoms with Gasteiger partial charge < -0.3 is 20.1 Å². The Balaban J connectivity index is 2.58. The minimum atomic E-state index is -0.373. The Labute approximate surface area is 118 Å². The van der Waals surface area contributed by atoms with Gasteiger partial charge in [0.15, 0.2) is 0 Å². The molecule has 2 N–H and O–H groups in total. The Morgan fingerprint density at radius 3 is 2.50 bits per heavy atom. The van der Waals surface area contributed by atoms with Gasteiger partial charge in [0.1, 0.15) is 0 Å². The highest BCUT2D eigenvalue weighted by molar-refractivity contribution is 5.92. The topological polar surface area (TPSA) is 78.9 Å². The van der Waals surface area contributed by atoms with Gasteiger partial charge in [0, 0.05) is 19.3 Å². The van der Waals surface area contributed by atoms with Gasteiger partial charge in [-0.1, -0.05) is 6.92 Å². The van der Waals surface area contributed by atoms with E-state index in [9.17, 15) is 9.59 Å². The minimum absolute atomic E-state index is 0.0911. The number of benzene rings is 1. The van der Waals surface area contributed by atoms with Gasteiger partial charge >= 0.3 is 12.0 Å². The van der Waals surface area contributed by atoms with Crippen molar-refractivity contribution < 1.29 is 19.4 Å². The lowest BCUT2D eigenvalue weighted by Crippen LogP contribution is -2.33. The molecule has 0 saturated heterocycles. The predicted octanol–water partition coefficient (Wildman–Crippen LogP) is 1.71. The molecule has 0 fully saturated rings. The summed E-state index contributed by atoms with van der Waals surface area (Å²) in [4.78, 5) is 24.6. The maximum absolute atomic E-state index is 11.7. The maximum Gasteiger partial charge on any atom is 0.338 e. The zero-order chi connectivity index (χ0) is 15.0. The summed E-state index contributed by atoms with van der Waals surface area (Å²) >= 11 is 0. The Morgan fingerprint density at radius 1 is 1.30 bits per heavy atom. The lowest BCUT2D eigenvalue weighted by atomic mass is 10.2. The first-order chi connectivity index (χ1) is 9.58. The van der Waals surface area contributed by atoms with Crippen LogP contribution in [0.2, 0.25) is 0 Å². The Kier molecular flexibility index (Phi) is 6.52. The zero-order valence-corrected chi connectivity index (χ0v) is 11.8. The van der Waals surface area contributed by atoms with Crippen molar-refractivity contribution in [1.82, 2.24) is 4.90 Å². The van der Waals surface area contributed by atoms with E-state index in [-0.39, 0.29) is 25.2 Å². The van der Waals surface area contributed by atoms with Crippen LogP contribution in [0.4, 0.5) is 10.5 Å². The number of urea groups is 1. The van der Waals surface area contributed by atoms with Gasteiger partial charge in [-0.25, -0.2) is 9.59 Å². The molecule has 1 aromatic rings. The first-order valence-corrected chi connectivity index (χ1v) is 6.48. The number of hydrogen-bond donors (Lipinski definition) is 2. The fraction of sp³-hybridized carbons (Fsp3) is 0.429. The number of likely N-dealkylation sites (N-methyl/N-ethyl adjacent to an activating group) is 1. The number of carbonyl (C=O) groups excluding carboxylic acids is 2. The van der Waals surface area contributed by atoms with E-state index in [2.05, 4.69) is 5.32 Å². The number of nitrogens with zero attached hydrogens (tertiary/aromatic N) is 1. The minimum Gasteiger partial charge on any atom is -0.462 e. The molecule has 0 unspecified atom stereocenters. The highest BCUT2D eigenvalue weighted by atomic mass is 16.5. The molecule has 1 rings (SSSR count). The second-order valence-corrected chi connectivity index (χ2v) is 4.29. The smallest absolute Gasteiger partial charge is 0.338 e. The molecular formula is C14H20N2O4. The van der Waals surface area contributed by atoms with Crippen LogP contribution in [0.5, 0.6) is 0 Å². The molecule has 20 heavy (non-hydrogen) atoms. The molecule has 0 aliphatic heterocycles. The molecule has 110 valence electrons. The number of amides is 2. The Bertz CT molecular complexity index is 445. The van der Waals surface area contributed by atoms with Crippen LogP contribution < -0.4 is 5.32 Å². The Hall–Kier alpha value is -2.08. The summed E-state index contributed by atoms with van der Waals surface area (Å²) in [6.45, 7) is 2.48.